The van der Waals surface area contributed by atoms with Crippen LogP contribution in [0.4, 0.5) is 0 Å². The Morgan fingerprint density at radius 1 is 1.35 bits per heavy atom. The van der Waals surface area contributed by atoms with E-state index in [1.54, 1.807) is 0 Å². The van der Waals surface area contributed by atoms with Crippen molar-refractivity contribution < 1.29 is 14.1 Å². The van der Waals surface area contributed by atoms with Gasteiger partial charge in [-0.05, 0) is 18.8 Å². The maximum atomic E-state index is 11.2. The predicted molar refractivity (Wildman–Crippen MR) is 70.6 cm³/mol. The van der Waals surface area contributed by atoms with Crippen LogP contribution in [-0.4, -0.2) is 52.7 Å². The Morgan fingerprint density at radius 3 is 2.59 bits per heavy atom. The summed E-state index contributed by atoms with van der Waals surface area (Å²) in [5.41, 5.74) is 0. The summed E-state index contributed by atoms with van der Waals surface area (Å²) in [4.78, 5) is 0. The highest BCUT2D eigenvalue weighted by Gasteiger charge is 2.18. The van der Waals surface area contributed by atoms with Crippen LogP contribution in [0.3, 0.4) is 0 Å². The van der Waals surface area contributed by atoms with Crippen molar-refractivity contribution in [2.45, 2.75) is 38.8 Å². The van der Waals surface area contributed by atoms with Gasteiger partial charge in [-0.25, -0.2) is 0 Å². The lowest BCUT2D eigenvalue weighted by Crippen LogP contribution is -2.41. The molecule has 0 aromatic rings. The summed E-state index contributed by atoms with van der Waals surface area (Å²) in [6.45, 7) is 5.83. The first kappa shape index (κ1) is 15.1. The molecule has 0 spiro atoms. The van der Waals surface area contributed by atoms with Crippen molar-refractivity contribution in [3.63, 3.8) is 0 Å². The summed E-state index contributed by atoms with van der Waals surface area (Å²) in [5.74, 6) is 2.08. The molecule has 0 amide bonds. The van der Waals surface area contributed by atoms with E-state index >= 15 is 0 Å². The normalized spacial score (nSPS) is 27.3. The highest BCUT2D eigenvalue weighted by molar-refractivity contribution is 7.85. The second-order valence-corrected chi connectivity index (χ2v) is 6.81. The van der Waals surface area contributed by atoms with Crippen molar-refractivity contribution in [3.05, 3.63) is 0 Å². The molecule has 1 rings (SSSR count). The van der Waals surface area contributed by atoms with Crippen molar-refractivity contribution in [2.75, 3.05) is 31.3 Å². The van der Waals surface area contributed by atoms with E-state index in [0.29, 0.717) is 31.7 Å². The number of ether oxygens (including phenoxy) is 1. The van der Waals surface area contributed by atoms with Gasteiger partial charge in [0.25, 0.3) is 0 Å². The van der Waals surface area contributed by atoms with Gasteiger partial charge in [0.05, 0.1) is 12.7 Å². The van der Waals surface area contributed by atoms with E-state index < -0.39 is 16.9 Å². The van der Waals surface area contributed by atoms with E-state index in [0.717, 1.165) is 24.3 Å². The fourth-order valence-electron chi connectivity index (χ4n) is 1.80. The van der Waals surface area contributed by atoms with Crippen LogP contribution in [0.2, 0.25) is 0 Å². The van der Waals surface area contributed by atoms with Crippen LogP contribution in [-0.2, 0) is 15.5 Å². The molecule has 5 heteroatoms. The largest absolute Gasteiger partial charge is 0.389 e. The van der Waals surface area contributed by atoms with E-state index in [9.17, 15) is 9.32 Å². The monoisotopic (exact) mass is 263 g/mol. The molecule has 0 aromatic heterocycles. The molecule has 1 fully saturated rings. The SMILES string of the molecule is CC(C)COCC(O)CNC1CCS(=O)CC1. The van der Waals surface area contributed by atoms with Crippen LogP contribution in [0.5, 0.6) is 0 Å². The molecule has 0 aliphatic carbocycles. The molecule has 1 heterocycles. The second kappa shape index (κ2) is 8.19. The summed E-state index contributed by atoms with van der Waals surface area (Å²) >= 11 is 0. The number of nitrogens with one attached hydrogen (secondary N) is 1. The highest BCUT2D eigenvalue weighted by atomic mass is 32.2. The molecule has 102 valence electrons. The smallest absolute Gasteiger partial charge is 0.0897 e. The zero-order valence-corrected chi connectivity index (χ0v) is 11.7. The van der Waals surface area contributed by atoms with E-state index in [2.05, 4.69) is 19.2 Å². The minimum absolute atomic E-state index is 0.393. The third-order valence-corrected chi connectivity index (χ3v) is 4.17. The van der Waals surface area contributed by atoms with Gasteiger partial charge in [0, 0.05) is 41.5 Å². The van der Waals surface area contributed by atoms with Gasteiger partial charge in [-0.1, -0.05) is 13.8 Å². The third kappa shape index (κ3) is 7.13. The van der Waals surface area contributed by atoms with Crippen molar-refractivity contribution in [1.29, 1.82) is 0 Å². The molecule has 0 aromatic carbocycles. The zero-order valence-electron chi connectivity index (χ0n) is 10.9. The average Bonchev–Trinajstić information content (AvgIpc) is 2.28. The van der Waals surface area contributed by atoms with Crippen LogP contribution in [0, 0.1) is 5.92 Å². The molecule has 17 heavy (non-hydrogen) atoms. The van der Waals surface area contributed by atoms with Crippen LogP contribution in [0.25, 0.3) is 0 Å². The van der Waals surface area contributed by atoms with Gasteiger partial charge in [0.2, 0.25) is 0 Å². The average molecular weight is 263 g/mol. The lowest BCUT2D eigenvalue weighted by molar-refractivity contribution is 0.0248. The quantitative estimate of drug-likeness (QED) is 0.703. The van der Waals surface area contributed by atoms with Crippen LogP contribution in [0.15, 0.2) is 0 Å². The molecule has 1 atom stereocenters. The van der Waals surface area contributed by atoms with Gasteiger partial charge in [-0.2, -0.15) is 0 Å². The Labute approximate surface area is 107 Å². The molecule has 0 saturated carbocycles. The molecule has 1 aliphatic rings. The molecule has 4 nitrogen and oxygen atoms in total. The fraction of sp³-hybridized carbons (Fsp3) is 1.00. The third-order valence-electron chi connectivity index (χ3n) is 2.79. The van der Waals surface area contributed by atoms with Crippen LogP contribution in [0.1, 0.15) is 26.7 Å². The van der Waals surface area contributed by atoms with Crippen molar-refractivity contribution in [1.82, 2.24) is 5.32 Å². The van der Waals surface area contributed by atoms with Gasteiger partial charge >= 0.3 is 0 Å². The molecular weight excluding hydrogens is 238 g/mol. The number of aliphatic hydroxyl groups excluding tert-OH is 1. The van der Waals surface area contributed by atoms with Gasteiger partial charge < -0.3 is 15.2 Å². The van der Waals surface area contributed by atoms with E-state index in [4.69, 9.17) is 4.74 Å². The molecule has 1 unspecified atom stereocenters. The fourth-order valence-corrected chi connectivity index (χ4v) is 3.10. The van der Waals surface area contributed by atoms with Gasteiger partial charge in [-0.3, -0.25) is 4.21 Å². The Hall–Kier alpha value is 0.0300. The molecule has 0 bridgehead atoms. The summed E-state index contributed by atoms with van der Waals surface area (Å²) in [7, 11) is -0.612. The maximum Gasteiger partial charge on any atom is 0.0897 e. The Balaban J connectivity index is 2.03. The number of aliphatic hydroxyl groups is 1. The zero-order chi connectivity index (χ0) is 12.7. The highest BCUT2D eigenvalue weighted by Crippen LogP contribution is 2.08. The predicted octanol–water partition coefficient (Wildman–Crippen LogP) is 0.521. The summed E-state index contributed by atoms with van der Waals surface area (Å²) in [5, 5.41) is 13.0. The molecule has 1 aliphatic heterocycles. The topological polar surface area (TPSA) is 58.6 Å². The van der Waals surface area contributed by atoms with E-state index in [1.165, 1.54) is 0 Å². The molecule has 1 saturated heterocycles. The lowest BCUT2D eigenvalue weighted by Gasteiger charge is -2.24. The summed E-state index contributed by atoms with van der Waals surface area (Å²) in [6, 6.07) is 0.410. The van der Waals surface area contributed by atoms with Crippen LogP contribution >= 0.6 is 0 Å². The van der Waals surface area contributed by atoms with E-state index in [-0.39, 0.29) is 0 Å². The van der Waals surface area contributed by atoms with E-state index in [1.807, 2.05) is 0 Å². The minimum atomic E-state index is -0.612. The van der Waals surface area contributed by atoms with Crippen molar-refractivity contribution in [2.24, 2.45) is 5.92 Å². The Bertz CT molecular complexity index is 226. The second-order valence-electron chi connectivity index (χ2n) is 5.12. The van der Waals surface area contributed by atoms with Crippen molar-refractivity contribution >= 4 is 10.8 Å². The Morgan fingerprint density at radius 2 is 2.00 bits per heavy atom. The Kier molecular flexibility index (Phi) is 7.27. The number of hydrogen-bond donors (Lipinski definition) is 2. The first-order chi connectivity index (χ1) is 8.08. The standard InChI is InChI=1S/C12H25NO3S/c1-10(2)8-16-9-12(14)7-13-11-3-5-17(15)6-4-11/h10-14H,3-9H2,1-2H3. The minimum Gasteiger partial charge on any atom is -0.389 e. The molecular formula is C12H25NO3S. The first-order valence-electron chi connectivity index (χ1n) is 6.42. The maximum absolute atomic E-state index is 11.2. The first-order valence-corrected chi connectivity index (χ1v) is 7.91. The van der Waals surface area contributed by atoms with Gasteiger partial charge in [0.1, 0.15) is 0 Å². The summed E-state index contributed by atoms with van der Waals surface area (Å²) in [6.07, 6.45) is 1.46. The van der Waals surface area contributed by atoms with Gasteiger partial charge in [0.15, 0.2) is 0 Å². The number of hydrogen-bond acceptors (Lipinski definition) is 4. The lowest BCUT2D eigenvalue weighted by atomic mass is 10.1. The number of rotatable bonds is 7. The molecule has 0 radical (unpaired) electrons. The van der Waals surface area contributed by atoms with Crippen LogP contribution < -0.4 is 5.32 Å². The van der Waals surface area contributed by atoms with Crippen molar-refractivity contribution in [3.8, 4) is 0 Å². The molecule has 2 N–H and O–H groups in total. The summed E-state index contributed by atoms with van der Waals surface area (Å²) < 4.78 is 16.5. The van der Waals surface area contributed by atoms with Gasteiger partial charge in [-0.15, -0.1) is 0 Å².